The average Bonchev–Trinajstić information content (AvgIpc) is 2.02. The minimum atomic E-state index is -0.0765. The van der Waals surface area contributed by atoms with Crippen molar-refractivity contribution in [2.24, 2.45) is 0 Å². The summed E-state index contributed by atoms with van der Waals surface area (Å²) in [5, 5.41) is 3.18. The van der Waals surface area contributed by atoms with Crippen LogP contribution in [0.5, 0.6) is 0 Å². The van der Waals surface area contributed by atoms with Gasteiger partial charge in [-0.2, -0.15) is 0 Å². The van der Waals surface area contributed by atoms with Gasteiger partial charge in [-0.05, 0) is 41.7 Å². The maximum Gasteiger partial charge on any atom is 0.0649 e. The highest BCUT2D eigenvalue weighted by molar-refractivity contribution is 4.67. The van der Waals surface area contributed by atoms with Gasteiger partial charge in [-0.3, -0.25) is 0 Å². The highest BCUT2D eigenvalue weighted by atomic mass is 16.5. The Labute approximate surface area is 88.2 Å². The molecule has 0 saturated carbocycles. The minimum absolute atomic E-state index is 0.0765. The maximum absolute atomic E-state index is 5.67. The van der Waals surface area contributed by atoms with E-state index in [1.54, 1.807) is 0 Å². The molecule has 0 radical (unpaired) electrons. The van der Waals surface area contributed by atoms with Gasteiger partial charge in [-0.25, -0.2) is 0 Å². The summed E-state index contributed by atoms with van der Waals surface area (Å²) < 4.78 is 11.2. The van der Waals surface area contributed by atoms with Crippen LogP contribution in [0.2, 0.25) is 0 Å². The lowest BCUT2D eigenvalue weighted by atomic mass is 10.2. The van der Waals surface area contributed by atoms with E-state index in [0.717, 1.165) is 0 Å². The Morgan fingerprint density at radius 3 is 2.07 bits per heavy atom. The monoisotopic (exact) mass is 203 g/mol. The van der Waals surface area contributed by atoms with Crippen LogP contribution in [-0.2, 0) is 9.47 Å². The van der Waals surface area contributed by atoms with Crippen molar-refractivity contribution in [2.45, 2.75) is 52.4 Å². The zero-order chi connectivity index (χ0) is 11.2. The van der Waals surface area contributed by atoms with E-state index >= 15 is 0 Å². The normalized spacial score (nSPS) is 14.8. The van der Waals surface area contributed by atoms with E-state index in [2.05, 4.69) is 26.1 Å². The van der Waals surface area contributed by atoms with Crippen molar-refractivity contribution < 1.29 is 9.47 Å². The molecule has 86 valence electrons. The molecule has 0 spiro atoms. The smallest absolute Gasteiger partial charge is 0.0649 e. The molecule has 0 fully saturated rings. The van der Waals surface area contributed by atoms with Crippen LogP contribution in [0.4, 0.5) is 0 Å². The number of hydrogen-bond donors (Lipinski definition) is 1. The SMILES string of the molecule is CNC(COC(C)C)COC(C)(C)C. The summed E-state index contributed by atoms with van der Waals surface area (Å²) in [7, 11) is 1.93. The van der Waals surface area contributed by atoms with Crippen LogP contribution in [0.25, 0.3) is 0 Å². The molecule has 1 N–H and O–H groups in total. The number of rotatable bonds is 6. The van der Waals surface area contributed by atoms with Gasteiger partial charge < -0.3 is 14.8 Å². The number of hydrogen-bond acceptors (Lipinski definition) is 3. The first-order valence-corrected chi connectivity index (χ1v) is 5.28. The van der Waals surface area contributed by atoms with Crippen molar-refractivity contribution >= 4 is 0 Å². The summed E-state index contributed by atoms with van der Waals surface area (Å²) in [6.45, 7) is 11.6. The highest BCUT2D eigenvalue weighted by Crippen LogP contribution is 2.07. The van der Waals surface area contributed by atoms with Gasteiger partial charge in [0, 0.05) is 0 Å². The first-order valence-electron chi connectivity index (χ1n) is 5.28. The third-order valence-corrected chi connectivity index (χ3v) is 1.76. The van der Waals surface area contributed by atoms with Gasteiger partial charge in [0.2, 0.25) is 0 Å². The van der Waals surface area contributed by atoms with Gasteiger partial charge in [-0.15, -0.1) is 0 Å². The second kappa shape index (κ2) is 6.38. The second-order valence-corrected chi connectivity index (χ2v) is 4.79. The summed E-state index contributed by atoms with van der Waals surface area (Å²) >= 11 is 0. The molecule has 0 heterocycles. The van der Waals surface area contributed by atoms with Crippen LogP contribution in [-0.4, -0.2) is 38.0 Å². The third kappa shape index (κ3) is 8.48. The van der Waals surface area contributed by atoms with Gasteiger partial charge in [0.05, 0.1) is 31.0 Å². The lowest BCUT2D eigenvalue weighted by Gasteiger charge is -2.24. The van der Waals surface area contributed by atoms with Crippen LogP contribution < -0.4 is 5.32 Å². The van der Waals surface area contributed by atoms with Crippen molar-refractivity contribution in [3.05, 3.63) is 0 Å². The van der Waals surface area contributed by atoms with E-state index in [-0.39, 0.29) is 17.7 Å². The van der Waals surface area contributed by atoms with Crippen molar-refractivity contribution in [2.75, 3.05) is 20.3 Å². The summed E-state index contributed by atoms with van der Waals surface area (Å²) in [6.07, 6.45) is 0.278. The summed E-state index contributed by atoms with van der Waals surface area (Å²) in [4.78, 5) is 0. The zero-order valence-corrected chi connectivity index (χ0v) is 10.4. The Morgan fingerprint density at radius 1 is 1.14 bits per heavy atom. The molecule has 0 amide bonds. The van der Waals surface area contributed by atoms with E-state index in [1.807, 2.05) is 20.9 Å². The molecular formula is C11H25NO2. The molecule has 1 unspecified atom stereocenters. The molecule has 14 heavy (non-hydrogen) atoms. The largest absolute Gasteiger partial charge is 0.377 e. The predicted molar refractivity (Wildman–Crippen MR) is 59.6 cm³/mol. The molecular weight excluding hydrogens is 178 g/mol. The van der Waals surface area contributed by atoms with E-state index in [9.17, 15) is 0 Å². The van der Waals surface area contributed by atoms with Crippen LogP contribution >= 0.6 is 0 Å². The number of ether oxygens (including phenoxy) is 2. The van der Waals surface area contributed by atoms with E-state index in [4.69, 9.17) is 9.47 Å². The molecule has 3 heteroatoms. The Morgan fingerprint density at radius 2 is 1.71 bits per heavy atom. The fourth-order valence-corrected chi connectivity index (χ4v) is 0.874. The molecule has 0 aromatic rings. The lowest BCUT2D eigenvalue weighted by molar-refractivity contribution is -0.0329. The molecule has 0 bridgehead atoms. The minimum Gasteiger partial charge on any atom is -0.377 e. The summed E-state index contributed by atoms with van der Waals surface area (Å²) in [5.74, 6) is 0. The topological polar surface area (TPSA) is 30.5 Å². The van der Waals surface area contributed by atoms with E-state index in [1.165, 1.54) is 0 Å². The molecule has 0 saturated heterocycles. The van der Waals surface area contributed by atoms with Gasteiger partial charge in [-0.1, -0.05) is 0 Å². The lowest BCUT2D eigenvalue weighted by Crippen LogP contribution is -2.38. The number of likely N-dealkylation sites (N-methyl/N-ethyl adjacent to an activating group) is 1. The molecule has 1 atom stereocenters. The first kappa shape index (κ1) is 13.9. The molecule has 0 aliphatic rings. The fraction of sp³-hybridized carbons (Fsp3) is 1.00. The van der Waals surface area contributed by atoms with E-state index < -0.39 is 0 Å². The molecule has 0 aliphatic carbocycles. The van der Waals surface area contributed by atoms with Crippen LogP contribution in [0, 0.1) is 0 Å². The van der Waals surface area contributed by atoms with Gasteiger partial charge in [0.1, 0.15) is 0 Å². The molecule has 0 aromatic heterocycles. The van der Waals surface area contributed by atoms with Gasteiger partial charge in [0.15, 0.2) is 0 Å². The van der Waals surface area contributed by atoms with Crippen molar-refractivity contribution in [1.29, 1.82) is 0 Å². The van der Waals surface area contributed by atoms with Crippen LogP contribution in [0.15, 0.2) is 0 Å². The van der Waals surface area contributed by atoms with Gasteiger partial charge in [0.25, 0.3) is 0 Å². The van der Waals surface area contributed by atoms with Crippen molar-refractivity contribution in [1.82, 2.24) is 5.32 Å². The second-order valence-electron chi connectivity index (χ2n) is 4.79. The Hall–Kier alpha value is -0.120. The standard InChI is InChI=1S/C11H25NO2/c1-9(2)13-7-10(12-6)8-14-11(3,4)5/h9-10,12H,7-8H2,1-6H3. The van der Waals surface area contributed by atoms with Crippen molar-refractivity contribution in [3.63, 3.8) is 0 Å². The molecule has 0 aliphatic heterocycles. The maximum atomic E-state index is 5.67. The molecule has 0 rings (SSSR count). The Balaban J connectivity index is 3.69. The van der Waals surface area contributed by atoms with Crippen LogP contribution in [0.1, 0.15) is 34.6 Å². The highest BCUT2D eigenvalue weighted by Gasteiger charge is 2.14. The summed E-state index contributed by atoms with van der Waals surface area (Å²) in [5.41, 5.74) is -0.0765. The quantitative estimate of drug-likeness (QED) is 0.714. The summed E-state index contributed by atoms with van der Waals surface area (Å²) in [6, 6.07) is 0.275. The first-order chi connectivity index (χ1) is 6.35. The molecule has 0 aromatic carbocycles. The van der Waals surface area contributed by atoms with Crippen molar-refractivity contribution in [3.8, 4) is 0 Å². The third-order valence-electron chi connectivity index (χ3n) is 1.76. The Bertz CT molecular complexity index is 141. The zero-order valence-electron chi connectivity index (χ0n) is 10.4. The Kier molecular flexibility index (Phi) is 6.33. The van der Waals surface area contributed by atoms with E-state index in [0.29, 0.717) is 13.2 Å². The number of nitrogens with one attached hydrogen (secondary N) is 1. The average molecular weight is 203 g/mol. The van der Waals surface area contributed by atoms with Gasteiger partial charge >= 0.3 is 0 Å². The fourth-order valence-electron chi connectivity index (χ4n) is 0.874. The van der Waals surface area contributed by atoms with Crippen LogP contribution in [0.3, 0.4) is 0 Å². The predicted octanol–water partition coefficient (Wildman–Crippen LogP) is 1.81. The molecule has 3 nitrogen and oxygen atoms in total.